The third-order valence-corrected chi connectivity index (χ3v) is 11.6. The predicted octanol–water partition coefficient (Wildman–Crippen LogP) is 12.3. The Labute approximate surface area is 323 Å². The molecule has 18 rings (SSSR count). The number of rotatable bonds is 4. The highest BCUT2D eigenvalue weighted by Gasteiger charge is 2.08. The molecule has 54 heavy (non-hydrogen) atoms. The van der Waals surface area contributed by atoms with Crippen molar-refractivity contribution in [3.05, 3.63) is 236 Å². The molecular formula is C54H52. The van der Waals surface area contributed by atoms with Crippen molar-refractivity contribution in [3.8, 4) is 0 Å². The van der Waals surface area contributed by atoms with Crippen LogP contribution in [0.4, 0.5) is 0 Å². The van der Waals surface area contributed by atoms with Gasteiger partial charge in [-0.25, -0.2) is 0 Å². The average molecular weight is 701 g/mol. The highest BCUT2D eigenvalue weighted by molar-refractivity contribution is 5.59. The maximum atomic E-state index is 2.42. The van der Waals surface area contributed by atoms with E-state index in [1.165, 1.54) is 77.9 Å². The summed E-state index contributed by atoms with van der Waals surface area (Å²) in [6.45, 7) is 0. The molecule has 0 saturated heterocycles. The highest BCUT2D eigenvalue weighted by Crippen LogP contribution is 2.22. The Bertz CT molecular complexity index is 2060. The Kier molecular flexibility index (Phi) is 11.6. The van der Waals surface area contributed by atoms with Crippen LogP contribution in [0.5, 0.6) is 0 Å². The van der Waals surface area contributed by atoms with E-state index >= 15 is 0 Å². The maximum Gasteiger partial charge on any atom is -0.0222 e. The quantitative estimate of drug-likeness (QED) is 0.161. The van der Waals surface area contributed by atoms with Gasteiger partial charge in [0.25, 0.3) is 0 Å². The van der Waals surface area contributed by atoms with Crippen molar-refractivity contribution in [2.75, 3.05) is 0 Å². The van der Waals surface area contributed by atoms with Gasteiger partial charge in [0.15, 0.2) is 0 Å². The van der Waals surface area contributed by atoms with Crippen molar-refractivity contribution in [3.63, 3.8) is 0 Å². The summed E-state index contributed by atoms with van der Waals surface area (Å²) in [5, 5.41) is 0. The van der Waals surface area contributed by atoms with Crippen LogP contribution in [0.2, 0.25) is 0 Å². The molecule has 12 bridgehead atoms. The molecule has 268 valence electrons. The molecule has 0 spiro atoms. The first-order valence-corrected chi connectivity index (χ1v) is 20.2. The van der Waals surface area contributed by atoms with Crippen LogP contribution in [-0.2, 0) is 77.0 Å². The zero-order chi connectivity index (χ0) is 36.4. The lowest BCUT2D eigenvalue weighted by Gasteiger charge is -2.12. The fraction of sp³-hybridized carbons (Fsp3) is 0.222. The van der Waals surface area contributed by atoms with Crippen LogP contribution >= 0.6 is 0 Å². The van der Waals surface area contributed by atoms with Crippen LogP contribution in [0.25, 0.3) is 12.2 Å². The summed E-state index contributed by atoms with van der Waals surface area (Å²) in [5.74, 6) is 0. The standard InChI is InChI=1S/C54H52/c1(3-5-53-39-49-29-27-45-15-11-41(12-16-45)7-9-43-19-23-47(24-20-43)31-35-51(53)37-33-49)2-4-6-54-40-50-30-28-46-17-13-42(14-18-46)8-10-44-21-25-48(26-22-44)32-36-52(54)38-34-50/h1-6,11-26,33-34,37-40H,7-10,27-32,35-36H2/b2-1+,5-3+,6-4?. The Morgan fingerprint density at radius 1 is 0.222 bits per heavy atom. The van der Waals surface area contributed by atoms with Crippen LogP contribution in [-0.4, -0.2) is 0 Å². The van der Waals surface area contributed by atoms with Gasteiger partial charge in [-0.2, -0.15) is 0 Å². The molecule has 12 aliphatic carbocycles. The second-order valence-corrected chi connectivity index (χ2v) is 15.4. The van der Waals surface area contributed by atoms with Gasteiger partial charge in [-0.3, -0.25) is 0 Å². The lowest BCUT2D eigenvalue weighted by Crippen LogP contribution is -1.99. The lowest BCUT2D eigenvalue weighted by molar-refractivity contribution is 0.920. The number of aryl methyl sites for hydroxylation is 12. The van der Waals surface area contributed by atoms with Crippen molar-refractivity contribution in [2.45, 2.75) is 77.0 Å². The summed E-state index contributed by atoms with van der Waals surface area (Å²) >= 11 is 0. The number of allylic oxidation sites excluding steroid dienone is 4. The molecule has 0 aromatic heterocycles. The molecule has 6 aromatic carbocycles. The first kappa shape index (κ1) is 35.6. The lowest BCUT2D eigenvalue weighted by atomic mass is 9.94. The Morgan fingerprint density at radius 3 is 0.722 bits per heavy atom. The number of hydrogen-bond acceptors (Lipinski definition) is 0. The van der Waals surface area contributed by atoms with E-state index in [9.17, 15) is 0 Å². The van der Waals surface area contributed by atoms with E-state index in [0.717, 1.165) is 77.0 Å². The fourth-order valence-electron chi connectivity index (χ4n) is 8.02. The average Bonchev–Trinajstić information content (AvgIpc) is 3.22. The topological polar surface area (TPSA) is 0 Å². The van der Waals surface area contributed by atoms with Gasteiger partial charge in [0, 0.05) is 0 Å². The maximum absolute atomic E-state index is 2.42. The van der Waals surface area contributed by atoms with E-state index in [-0.39, 0.29) is 0 Å². The van der Waals surface area contributed by atoms with Gasteiger partial charge in [-0.05, 0) is 155 Å². The molecule has 0 aliphatic heterocycles. The monoisotopic (exact) mass is 700 g/mol. The SMILES string of the molecule is C(=Cc1cc2ccc1CCc1ccc(cc1)CCc1ccc(cc1)CC2)/C=C/C=C/c1cc2ccc1CCc1ccc(cc1)CCc1ccc(cc1)CC2. The molecule has 0 fully saturated rings. The summed E-state index contributed by atoms with van der Waals surface area (Å²) in [6.07, 6.45) is 26.2. The largest absolute Gasteiger partial charge is 0.0622 e. The van der Waals surface area contributed by atoms with Crippen molar-refractivity contribution < 1.29 is 0 Å². The normalized spacial score (nSPS) is 15.0. The molecule has 0 unspecified atom stereocenters. The summed E-state index contributed by atoms with van der Waals surface area (Å²) in [4.78, 5) is 0. The third kappa shape index (κ3) is 9.74. The number of benzene rings is 6. The first-order chi connectivity index (χ1) is 26.7. The Morgan fingerprint density at radius 2 is 0.444 bits per heavy atom. The molecular weight excluding hydrogens is 649 g/mol. The van der Waals surface area contributed by atoms with Gasteiger partial charge in [-0.15, -0.1) is 0 Å². The van der Waals surface area contributed by atoms with E-state index in [1.807, 2.05) is 0 Å². The van der Waals surface area contributed by atoms with Gasteiger partial charge in [0.05, 0.1) is 0 Å². The third-order valence-electron chi connectivity index (χ3n) is 11.6. The van der Waals surface area contributed by atoms with Gasteiger partial charge in [-0.1, -0.05) is 170 Å². The molecule has 0 radical (unpaired) electrons. The smallest absolute Gasteiger partial charge is 0.0222 e. The minimum absolute atomic E-state index is 1.04. The molecule has 0 atom stereocenters. The Balaban J connectivity index is 0.995. The van der Waals surface area contributed by atoms with Gasteiger partial charge in [0.2, 0.25) is 0 Å². The van der Waals surface area contributed by atoms with Crippen LogP contribution in [0, 0.1) is 0 Å². The minimum Gasteiger partial charge on any atom is -0.0622 e. The van der Waals surface area contributed by atoms with Crippen molar-refractivity contribution >= 4 is 12.2 Å². The molecule has 0 heteroatoms. The van der Waals surface area contributed by atoms with Crippen molar-refractivity contribution in [1.29, 1.82) is 0 Å². The van der Waals surface area contributed by atoms with Crippen LogP contribution in [0.1, 0.15) is 77.9 Å². The molecule has 0 N–H and O–H groups in total. The van der Waals surface area contributed by atoms with E-state index in [0.29, 0.717) is 0 Å². The summed E-state index contributed by atoms with van der Waals surface area (Å²) in [7, 11) is 0. The summed E-state index contributed by atoms with van der Waals surface area (Å²) < 4.78 is 0. The fourth-order valence-corrected chi connectivity index (χ4v) is 8.02. The van der Waals surface area contributed by atoms with Crippen molar-refractivity contribution in [2.24, 2.45) is 0 Å². The van der Waals surface area contributed by atoms with Crippen LogP contribution < -0.4 is 0 Å². The Hall–Kier alpha value is -5.46. The molecule has 0 nitrogen and oxygen atoms in total. The van der Waals surface area contributed by atoms with Crippen LogP contribution in [0.15, 0.2) is 158 Å². The zero-order valence-corrected chi connectivity index (χ0v) is 31.7. The van der Waals surface area contributed by atoms with E-state index < -0.39 is 0 Å². The van der Waals surface area contributed by atoms with Crippen LogP contribution in [0.3, 0.4) is 0 Å². The van der Waals surface area contributed by atoms with E-state index in [1.54, 1.807) is 0 Å². The predicted molar refractivity (Wildman–Crippen MR) is 230 cm³/mol. The number of hydrogen-bond donors (Lipinski definition) is 0. The highest BCUT2D eigenvalue weighted by atomic mass is 14.1. The minimum atomic E-state index is 1.04. The van der Waals surface area contributed by atoms with E-state index in [2.05, 4.69) is 170 Å². The summed E-state index contributed by atoms with van der Waals surface area (Å²) in [5.41, 5.74) is 19.6. The van der Waals surface area contributed by atoms with Gasteiger partial charge < -0.3 is 0 Å². The second-order valence-electron chi connectivity index (χ2n) is 15.4. The molecule has 12 aliphatic rings. The van der Waals surface area contributed by atoms with E-state index in [4.69, 9.17) is 0 Å². The molecule has 0 amide bonds. The van der Waals surface area contributed by atoms with Gasteiger partial charge in [0.1, 0.15) is 0 Å². The van der Waals surface area contributed by atoms with Gasteiger partial charge >= 0.3 is 0 Å². The molecule has 0 saturated carbocycles. The second kappa shape index (κ2) is 17.6. The molecule has 6 aromatic rings. The van der Waals surface area contributed by atoms with Crippen molar-refractivity contribution in [1.82, 2.24) is 0 Å². The first-order valence-electron chi connectivity index (χ1n) is 20.2. The molecule has 0 heterocycles. The zero-order valence-electron chi connectivity index (χ0n) is 31.7. The summed E-state index contributed by atoms with van der Waals surface area (Å²) in [6, 6.07) is 51.5.